The standard InChI is InChI=1S/C19H18N4O3S/c1-3-23-19(26)14-7-5-4-6-13(14)17(22-23)18(25)21-20-16(24)9-8-15-12(2)10-11-27-15/h4-11H,3H2,1-2H3,(H,20,24)(H,21,25)/b9-8+. The first kappa shape index (κ1) is 18.5. The number of amides is 2. The number of aryl methyl sites for hydroxylation is 2. The third kappa shape index (κ3) is 3.95. The molecule has 2 aromatic heterocycles. The molecule has 138 valence electrons. The van der Waals surface area contributed by atoms with Crippen LogP contribution in [0.15, 0.2) is 46.6 Å². The quantitative estimate of drug-likeness (QED) is 0.535. The van der Waals surface area contributed by atoms with E-state index in [1.807, 2.05) is 18.4 Å². The average molecular weight is 382 g/mol. The van der Waals surface area contributed by atoms with Crippen LogP contribution in [0.25, 0.3) is 16.8 Å². The fourth-order valence-electron chi connectivity index (χ4n) is 2.54. The predicted molar refractivity (Wildman–Crippen MR) is 105 cm³/mol. The molecule has 0 bridgehead atoms. The van der Waals surface area contributed by atoms with Crippen LogP contribution in [0.5, 0.6) is 0 Å². The molecule has 0 radical (unpaired) electrons. The summed E-state index contributed by atoms with van der Waals surface area (Å²) in [5.41, 5.74) is 5.56. The van der Waals surface area contributed by atoms with E-state index in [-0.39, 0.29) is 11.3 Å². The van der Waals surface area contributed by atoms with E-state index in [1.165, 1.54) is 22.1 Å². The Bertz CT molecular complexity index is 1100. The highest BCUT2D eigenvalue weighted by molar-refractivity contribution is 7.11. The van der Waals surface area contributed by atoms with Crippen LogP contribution in [-0.4, -0.2) is 21.6 Å². The summed E-state index contributed by atoms with van der Waals surface area (Å²) in [5, 5.41) is 6.89. The molecule has 3 rings (SSSR count). The molecule has 1 aromatic carbocycles. The highest BCUT2D eigenvalue weighted by atomic mass is 32.1. The molecule has 7 nitrogen and oxygen atoms in total. The van der Waals surface area contributed by atoms with Crippen molar-refractivity contribution in [3.05, 3.63) is 68.3 Å². The second-order valence-electron chi connectivity index (χ2n) is 5.76. The highest BCUT2D eigenvalue weighted by Crippen LogP contribution is 2.16. The minimum absolute atomic E-state index is 0.0745. The molecule has 0 atom stereocenters. The Labute approximate surface area is 159 Å². The normalized spacial score (nSPS) is 11.0. The molecule has 0 unspecified atom stereocenters. The molecule has 0 aliphatic rings. The lowest BCUT2D eigenvalue weighted by Crippen LogP contribution is -2.42. The zero-order chi connectivity index (χ0) is 19.4. The van der Waals surface area contributed by atoms with E-state index in [0.29, 0.717) is 17.3 Å². The second-order valence-corrected chi connectivity index (χ2v) is 6.71. The molecule has 0 saturated carbocycles. The largest absolute Gasteiger partial charge is 0.290 e. The number of hydrogen-bond acceptors (Lipinski definition) is 5. The number of carbonyl (C=O) groups is 2. The van der Waals surface area contributed by atoms with Crippen LogP contribution in [0.3, 0.4) is 0 Å². The van der Waals surface area contributed by atoms with E-state index in [0.717, 1.165) is 10.4 Å². The number of rotatable bonds is 4. The molecule has 0 aliphatic heterocycles. The molecular weight excluding hydrogens is 364 g/mol. The third-order valence-corrected chi connectivity index (χ3v) is 4.95. The molecule has 0 saturated heterocycles. The SMILES string of the molecule is CCn1nc(C(=O)NNC(=O)/C=C/c2sccc2C)c2ccccc2c1=O. The maximum atomic E-state index is 12.5. The maximum absolute atomic E-state index is 12.5. The topological polar surface area (TPSA) is 93.1 Å². The van der Waals surface area contributed by atoms with Crippen molar-refractivity contribution >= 4 is 40.0 Å². The van der Waals surface area contributed by atoms with Crippen LogP contribution in [0, 0.1) is 6.92 Å². The van der Waals surface area contributed by atoms with Crippen LogP contribution in [0.1, 0.15) is 27.9 Å². The summed E-state index contributed by atoms with van der Waals surface area (Å²) in [4.78, 5) is 37.7. The van der Waals surface area contributed by atoms with E-state index < -0.39 is 11.8 Å². The molecule has 8 heteroatoms. The number of hydrazine groups is 1. The number of hydrogen-bond donors (Lipinski definition) is 2. The highest BCUT2D eigenvalue weighted by Gasteiger charge is 2.16. The summed E-state index contributed by atoms with van der Waals surface area (Å²) in [6, 6.07) is 8.71. The van der Waals surface area contributed by atoms with Crippen molar-refractivity contribution in [2.45, 2.75) is 20.4 Å². The van der Waals surface area contributed by atoms with Crippen LogP contribution in [0.2, 0.25) is 0 Å². The smallest absolute Gasteiger partial charge is 0.268 e. The molecule has 2 amide bonds. The Hall–Kier alpha value is -3.26. The maximum Gasteiger partial charge on any atom is 0.290 e. The molecule has 27 heavy (non-hydrogen) atoms. The van der Waals surface area contributed by atoms with Gasteiger partial charge in [0, 0.05) is 22.9 Å². The molecule has 3 aromatic rings. The predicted octanol–water partition coefficient (Wildman–Crippen LogP) is 2.26. The minimum atomic E-state index is -0.595. The van der Waals surface area contributed by atoms with Gasteiger partial charge in [-0.05, 0) is 43.0 Å². The Morgan fingerprint density at radius 2 is 1.93 bits per heavy atom. The summed E-state index contributed by atoms with van der Waals surface area (Å²) in [6.45, 7) is 4.05. The fourth-order valence-corrected chi connectivity index (χ4v) is 3.36. The Balaban J connectivity index is 1.77. The summed E-state index contributed by atoms with van der Waals surface area (Å²) >= 11 is 1.52. The number of thiophene rings is 1. The number of nitrogens with zero attached hydrogens (tertiary/aromatic N) is 2. The van der Waals surface area contributed by atoms with Gasteiger partial charge in [-0.25, -0.2) is 4.68 Å². The van der Waals surface area contributed by atoms with Gasteiger partial charge < -0.3 is 0 Å². The average Bonchev–Trinajstić information content (AvgIpc) is 3.10. The van der Waals surface area contributed by atoms with Gasteiger partial charge in [-0.3, -0.25) is 25.2 Å². The first-order valence-electron chi connectivity index (χ1n) is 8.33. The van der Waals surface area contributed by atoms with E-state index in [1.54, 1.807) is 37.3 Å². The Morgan fingerprint density at radius 1 is 1.19 bits per heavy atom. The Morgan fingerprint density at radius 3 is 2.59 bits per heavy atom. The lowest BCUT2D eigenvalue weighted by Gasteiger charge is -2.10. The second kappa shape index (κ2) is 7.96. The zero-order valence-corrected chi connectivity index (χ0v) is 15.7. The van der Waals surface area contributed by atoms with Crippen molar-refractivity contribution in [1.29, 1.82) is 0 Å². The summed E-state index contributed by atoms with van der Waals surface area (Å²) < 4.78 is 1.22. The summed E-state index contributed by atoms with van der Waals surface area (Å²) in [7, 11) is 0. The lowest BCUT2D eigenvalue weighted by atomic mass is 10.1. The molecule has 2 heterocycles. The van der Waals surface area contributed by atoms with Gasteiger partial charge in [0.15, 0.2) is 5.69 Å². The molecule has 0 spiro atoms. The lowest BCUT2D eigenvalue weighted by molar-refractivity contribution is -0.117. The molecule has 0 aliphatic carbocycles. The van der Waals surface area contributed by atoms with Gasteiger partial charge in [-0.15, -0.1) is 11.3 Å². The zero-order valence-electron chi connectivity index (χ0n) is 14.9. The summed E-state index contributed by atoms with van der Waals surface area (Å²) in [5.74, 6) is -1.06. The van der Waals surface area contributed by atoms with Gasteiger partial charge in [0.2, 0.25) is 0 Å². The van der Waals surface area contributed by atoms with Gasteiger partial charge in [-0.1, -0.05) is 18.2 Å². The monoisotopic (exact) mass is 382 g/mol. The molecular formula is C19H18N4O3S. The van der Waals surface area contributed by atoms with Gasteiger partial charge in [0.25, 0.3) is 17.4 Å². The molecule has 2 N–H and O–H groups in total. The van der Waals surface area contributed by atoms with Crippen molar-refractivity contribution in [3.8, 4) is 0 Å². The number of benzene rings is 1. The van der Waals surface area contributed by atoms with E-state index >= 15 is 0 Å². The molecule has 0 fully saturated rings. The number of nitrogens with one attached hydrogen (secondary N) is 2. The van der Waals surface area contributed by atoms with E-state index in [9.17, 15) is 14.4 Å². The Kier molecular flexibility index (Phi) is 5.46. The number of aromatic nitrogens is 2. The fraction of sp³-hybridized carbons (Fsp3) is 0.158. The van der Waals surface area contributed by atoms with Crippen molar-refractivity contribution in [2.24, 2.45) is 0 Å². The number of fused-ring (bicyclic) bond motifs is 1. The van der Waals surface area contributed by atoms with Gasteiger partial charge >= 0.3 is 0 Å². The first-order valence-corrected chi connectivity index (χ1v) is 9.21. The van der Waals surface area contributed by atoms with Crippen molar-refractivity contribution in [3.63, 3.8) is 0 Å². The van der Waals surface area contributed by atoms with Crippen molar-refractivity contribution < 1.29 is 9.59 Å². The van der Waals surface area contributed by atoms with Crippen molar-refractivity contribution in [1.82, 2.24) is 20.6 Å². The third-order valence-electron chi connectivity index (χ3n) is 3.97. The van der Waals surface area contributed by atoms with Crippen LogP contribution in [0.4, 0.5) is 0 Å². The van der Waals surface area contributed by atoms with Crippen molar-refractivity contribution in [2.75, 3.05) is 0 Å². The minimum Gasteiger partial charge on any atom is -0.268 e. The van der Waals surface area contributed by atoms with Crippen LogP contribution < -0.4 is 16.4 Å². The first-order chi connectivity index (χ1) is 13.0. The van der Waals surface area contributed by atoms with E-state index in [4.69, 9.17) is 0 Å². The van der Waals surface area contributed by atoms with Crippen LogP contribution >= 0.6 is 11.3 Å². The van der Waals surface area contributed by atoms with Gasteiger partial charge in [0.05, 0.1) is 5.39 Å². The summed E-state index contributed by atoms with van der Waals surface area (Å²) in [6.07, 6.45) is 3.03. The van der Waals surface area contributed by atoms with Gasteiger partial charge in [0.1, 0.15) is 0 Å². The van der Waals surface area contributed by atoms with E-state index in [2.05, 4.69) is 16.0 Å². The van der Waals surface area contributed by atoms with Crippen LogP contribution in [-0.2, 0) is 11.3 Å². The number of carbonyl (C=O) groups excluding carboxylic acids is 2. The van der Waals surface area contributed by atoms with Gasteiger partial charge in [-0.2, -0.15) is 5.10 Å².